The maximum absolute atomic E-state index is 13.7. The lowest BCUT2D eigenvalue weighted by Crippen LogP contribution is -2.14. The summed E-state index contributed by atoms with van der Waals surface area (Å²) in [5.41, 5.74) is 0.485. The highest BCUT2D eigenvalue weighted by molar-refractivity contribution is 7.93. The van der Waals surface area contributed by atoms with Gasteiger partial charge in [0.2, 0.25) is 0 Å². The van der Waals surface area contributed by atoms with Gasteiger partial charge in [0.1, 0.15) is 15.6 Å². The number of carboxylic acid groups (broad SMARTS) is 1. The van der Waals surface area contributed by atoms with Crippen LogP contribution in [0.1, 0.15) is 20.1 Å². The first kappa shape index (κ1) is 15.5. The molecule has 0 aliphatic rings. The molecule has 1 aromatic heterocycles. The summed E-state index contributed by atoms with van der Waals surface area (Å²) < 4.78 is 40.3. The van der Waals surface area contributed by atoms with Gasteiger partial charge in [-0.25, -0.2) is 17.6 Å². The highest BCUT2D eigenvalue weighted by atomic mass is 32.2. The monoisotopic (exact) mass is 329 g/mol. The molecule has 5 nitrogen and oxygen atoms in total. The number of nitrogens with one attached hydrogen (secondary N) is 1. The van der Waals surface area contributed by atoms with Gasteiger partial charge in [0.15, 0.2) is 0 Å². The van der Waals surface area contributed by atoms with E-state index in [0.29, 0.717) is 10.4 Å². The predicted octanol–water partition coefficient (Wildman–Crippen LogP) is 3.00. The average Bonchev–Trinajstić information content (AvgIpc) is 2.76. The molecule has 1 aromatic carbocycles. The van der Waals surface area contributed by atoms with Crippen LogP contribution in [-0.2, 0) is 10.0 Å². The van der Waals surface area contributed by atoms with Crippen LogP contribution in [0.2, 0.25) is 0 Å². The second kappa shape index (κ2) is 5.45. The first-order valence-corrected chi connectivity index (χ1v) is 8.13. The van der Waals surface area contributed by atoms with Crippen molar-refractivity contribution in [3.05, 3.63) is 45.4 Å². The Morgan fingerprint density at radius 2 is 1.95 bits per heavy atom. The van der Waals surface area contributed by atoms with Gasteiger partial charge in [0, 0.05) is 4.88 Å². The third-order valence-corrected chi connectivity index (χ3v) is 5.40. The van der Waals surface area contributed by atoms with Crippen molar-refractivity contribution in [2.75, 3.05) is 4.72 Å². The lowest BCUT2D eigenvalue weighted by molar-refractivity contribution is 0.0702. The van der Waals surface area contributed by atoms with Crippen molar-refractivity contribution in [3.63, 3.8) is 0 Å². The molecule has 0 unspecified atom stereocenters. The maximum Gasteiger partial charge on any atom is 0.345 e. The Morgan fingerprint density at radius 1 is 1.29 bits per heavy atom. The van der Waals surface area contributed by atoms with Crippen molar-refractivity contribution < 1.29 is 22.7 Å². The second-order valence-electron chi connectivity index (χ2n) is 4.43. The van der Waals surface area contributed by atoms with E-state index in [-0.39, 0.29) is 15.5 Å². The lowest BCUT2D eigenvalue weighted by Gasteiger charge is -2.09. The summed E-state index contributed by atoms with van der Waals surface area (Å²) in [5, 5.41) is 8.89. The highest BCUT2D eigenvalue weighted by Crippen LogP contribution is 2.28. The van der Waals surface area contributed by atoms with Crippen LogP contribution in [0.3, 0.4) is 0 Å². The van der Waals surface area contributed by atoms with Crippen LogP contribution in [0.4, 0.5) is 10.1 Å². The van der Waals surface area contributed by atoms with Gasteiger partial charge in [-0.2, -0.15) is 0 Å². The van der Waals surface area contributed by atoms with Crippen LogP contribution in [0.25, 0.3) is 0 Å². The number of anilines is 1. The molecule has 112 valence electrons. The number of benzene rings is 1. The van der Waals surface area contributed by atoms with Gasteiger partial charge in [-0.05, 0) is 37.6 Å². The SMILES string of the molecule is Cc1ccc(NS(=O)(=O)c2cc(C(=O)O)sc2C)c(F)c1. The van der Waals surface area contributed by atoms with Crippen molar-refractivity contribution in [3.8, 4) is 0 Å². The Morgan fingerprint density at radius 3 is 2.48 bits per heavy atom. The van der Waals surface area contributed by atoms with Gasteiger partial charge in [-0.15, -0.1) is 11.3 Å². The summed E-state index contributed by atoms with van der Waals surface area (Å²) in [5.74, 6) is -1.89. The quantitative estimate of drug-likeness (QED) is 0.903. The van der Waals surface area contributed by atoms with E-state index in [1.165, 1.54) is 19.1 Å². The molecular formula is C13H12FNO4S2. The topological polar surface area (TPSA) is 83.5 Å². The van der Waals surface area contributed by atoms with Gasteiger partial charge >= 0.3 is 5.97 Å². The number of hydrogen-bond acceptors (Lipinski definition) is 4. The molecule has 0 spiro atoms. The fraction of sp³-hybridized carbons (Fsp3) is 0.154. The highest BCUT2D eigenvalue weighted by Gasteiger charge is 2.23. The van der Waals surface area contributed by atoms with Crippen molar-refractivity contribution in [1.29, 1.82) is 0 Å². The molecular weight excluding hydrogens is 317 g/mol. The molecule has 8 heteroatoms. The molecule has 0 saturated carbocycles. The number of carboxylic acids is 1. The smallest absolute Gasteiger partial charge is 0.345 e. The summed E-state index contributed by atoms with van der Waals surface area (Å²) in [4.78, 5) is 11.0. The van der Waals surface area contributed by atoms with Gasteiger partial charge in [0.25, 0.3) is 10.0 Å². The molecule has 0 aliphatic carbocycles. The maximum atomic E-state index is 13.7. The van der Waals surface area contributed by atoms with Crippen molar-refractivity contribution in [2.45, 2.75) is 18.7 Å². The number of rotatable bonds is 4. The van der Waals surface area contributed by atoms with Crippen molar-refractivity contribution in [2.24, 2.45) is 0 Å². The van der Waals surface area contributed by atoms with E-state index >= 15 is 0 Å². The van der Waals surface area contributed by atoms with Crippen molar-refractivity contribution in [1.82, 2.24) is 0 Å². The third kappa shape index (κ3) is 3.22. The average molecular weight is 329 g/mol. The Hall–Kier alpha value is -1.93. The minimum atomic E-state index is -4.03. The minimum Gasteiger partial charge on any atom is -0.477 e. The zero-order valence-corrected chi connectivity index (χ0v) is 12.8. The minimum absolute atomic E-state index is 0.0859. The predicted molar refractivity (Wildman–Crippen MR) is 78.0 cm³/mol. The number of hydrogen-bond donors (Lipinski definition) is 2. The Labute approximate surface area is 125 Å². The number of aromatic carboxylic acids is 1. The third-order valence-electron chi connectivity index (χ3n) is 2.74. The molecule has 0 bridgehead atoms. The molecule has 2 rings (SSSR count). The molecule has 0 saturated heterocycles. The van der Waals surface area contributed by atoms with Gasteiger partial charge < -0.3 is 5.11 Å². The van der Waals surface area contributed by atoms with Crippen molar-refractivity contribution >= 4 is 33.0 Å². The van der Waals surface area contributed by atoms with E-state index < -0.39 is 21.8 Å². The number of sulfonamides is 1. The van der Waals surface area contributed by atoms with Crippen LogP contribution >= 0.6 is 11.3 Å². The zero-order valence-electron chi connectivity index (χ0n) is 11.2. The van der Waals surface area contributed by atoms with E-state index in [9.17, 15) is 17.6 Å². The normalized spacial score (nSPS) is 11.4. The summed E-state index contributed by atoms with van der Waals surface area (Å²) in [6, 6.07) is 5.17. The fourth-order valence-electron chi connectivity index (χ4n) is 1.74. The number of carbonyl (C=O) groups is 1. The van der Waals surface area contributed by atoms with E-state index in [1.54, 1.807) is 13.0 Å². The van der Waals surface area contributed by atoms with E-state index in [0.717, 1.165) is 17.4 Å². The Kier molecular flexibility index (Phi) is 4.02. The number of halogens is 1. The van der Waals surface area contributed by atoms with Crippen LogP contribution in [0, 0.1) is 19.7 Å². The second-order valence-corrected chi connectivity index (χ2v) is 7.33. The number of aryl methyl sites for hydroxylation is 2. The molecule has 0 aliphatic heterocycles. The van der Waals surface area contributed by atoms with Crippen LogP contribution < -0.4 is 4.72 Å². The first-order chi connectivity index (χ1) is 9.70. The van der Waals surface area contributed by atoms with Crippen LogP contribution in [0.15, 0.2) is 29.2 Å². The summed E-state index contributed by atoms with van der Waals surface area (Å²) in [7, 11) is -4.03. The van der Waals surface area contributed by atoms with Gasteiger partial charge in [-0.3, -0.25) is 4.72 Å². The summed E-state index contributed by atoms with van der Waals surface area (Å²) in [6.45, 7) is 3.18. The molecule has 1 heterocycles. The summed E-state index contributed by atoms with van der Waals surface area (Å²) >= 11 is 0.854. The Bertz CT molecular complexity index is 812. The molecule has 2 N–H and O–H groups in total. The van der Waals surface area contributed by atoms with Crippen LogP contribution in [0.5, 0.6) is 0 Å². The molecule has 0 atom stereocenters. The molecule has 2 aromatic rings. The lowest BCUT2D eigenvalue weighted by atomic mass is 10.2. The summed E-state index contributed by atoms with van der Waals surface area (Å²) in [6.07, 6.45) is 0. The molecule has 21 heavy (non-hydrogen) atoms. The van der Waals surface area contributed by atoms with Crippen LogP contribution in [-0.4, -0.2) is 19.5 Å². The molecule has 0 amide bonds. The standard InChI is InChI=1S/C13H12FNO4S2/c1-7-3-4-10(9(14)5-7)15-21(18,19)12-6-11(13(16)17)20-8(12)2/h3-6,15H,1-2H3,(H,16,17). The van der Waals surface area contributed by atoms with Gasteiger partial charge in [-0.1, -0.05) is 6.07 Å². The largest absolute Gasteiger partial charge is 0.477 e. The fourth-order valence-corrected chi connectivity index (χ4v) is 4.24. The van der Waals surface area contributed by atoms with E-state index in [1.807, 2.05) is 0 Å². The number of thiophene rings is 1. The molecule has 0 radical (unpaired) electrons. The van der Waals surface area contributed by atoms with Gasteiger partial charge in [0.05, 0.1) is 5.69 Å². The first-order valence-electron chi connectivity index (χ1n) is 5.83. The van der Waals surface area contributed by atoms with E-state index in [2.05, 4.69) is 4.72 Å². The zero-order chi connectivity index (χ0) is 15.8. The molecule has 0 fully saturated rings. The van der Waals surface area contributed by atoms with E-state index in [4.69, 9.17) is 5.11 Å². The Balaban J connectivity index is 2.41.